The van der Waals surface area contributed by atoms with Gasteiger partial charge in [0.25, 0.3) is 0 Å². The Kier molecular flexibility index (Phi) is 3.14. The van der Waals surface area contributed by atoms with E-state index in [4.69, 9.17) is 0 Å². The molecule has 2 rings (SSSR count). The van der Waals surface area contributed by atoms with Crippen LogP contribution >= 0.6 is 0 Å². The van der Waals surface area contributed by atoms with E-state index in [0.29, 0.717) is 17.7 Å². The molecule has 1 aromatic carbocycles. The number of benzene rings is 1. The molecule has 1 heterocycles. The van der Waals surface area contributed by atoms with Crippen molar-refractivity contribution >= 4 is 12.1 Å². The first-order chi connectivity index (χ1) is 8.20. The highest BCUT2D eigenvalue weighted by atomic mass is 19.1. The normalized spacial score (nSPS) is 10.0. The Bertz CT molecular complexity index is 555. The van der Waals surface area contributed by atoms with Gasteiger partial charge in [-0.1, -0.05) is 6.07 Å². The molecule has 0 unspecified atom stereocenters. The van der Waals surface area contributed by atoms with Crippen LogP contribution in [0.4, 0.5) is 10.1 Å². The van der Waals surface area contributed by atoms with E-state index >= 15 is 0 Å². The van der Waals surface area contributed by atoms with Crippen LogP contribution in [0.2, 0.25) is 0 Å². The molecule has 0 fully saturated rings. The second-order valence-corrected chi connectivity index (χ2v) is 3.68. The SMILES string of the molecule is Cc1ccc(NC=O)cc1-c1cncc(F)c1. The summed E-state index contributed by atoms with van der Waals surface area (Å²) in [4.78, 5) is 14.2. The maximum absolute atomic E-state index is 13.1. The van der Waals surface area contributed by atoms with Crippen molar-refractivity contribution in [3.63, 3.8) is 0 Å². The summed E-state index contributed by atoms with van der Waals surface area (Å²) in [6, 6.07) is 6.87. The van der Waals surface area contributed by atoms with E-state index in [1.807, 2.05) is 13.0 Å². The first-order valence-electron chi connectivity index (χ1n) is 5.12. The summed E-state index contributed by atoms with van der Waals surface area (Å²) >= 11 is 0. The van der Waals surface area contributed by atoms with Crippen molar-refractivity contribution in [3.8, 4) is 11.1 Å². The lowest BCUT2D eigenvalue weighted by Gasteiger charge is -2.08. The molecule has 1 amide bonds. The van der Waals surface area contributed by atoms with Crippen molar-refractivity contribution < 1.29 is 9.18 Å². The fourth-order valence-corrected chi connectivity index (χ4v) is 1.65. The maximum atomic E-state index is 13.1. The molecule has 0 aliphatic carbocycles. The number of anilines is 1. The first-order valence-corrected chi connectivity index (χ1v) is 5.12. The Morgan fingerprint density at radius 2 is 2.12 bits per heavy atom. The van der Waals surface area contributed by atoms with Crippen LogP contribution in [-0.2, 0) is 4.79 Å². The average molecular weight is 230 g/mol. The van der Waals surface area contributed by atoms with Crippen LogP contribution in [0, 0.1) is 12.7 Å². The van der Waals surface area contributed by atoms with Crippen LogP contribution in [0.15, 0.2) is 36.7 Å². The molecule has 0 bridgehead atoms. The number of nitrogens with zero attached hydrogens (tertiary/aromatic N) is 1. The van der Waals surface area contributed by atoms with Gasteiger partial charge in [-0.2, -0.15) is 0 Å². The van der Waals surface area contributed by atoms with Gasteiger partial charge in [0, 0.05) is 17.4 Å². The number of rotatable bonds is 3. The van der Waals surface area contributed by atoms with Gasteiger partial charge in [-0.25, -0.2) is 4.39 Å². The van der Waals surface area contributed by atoms with Crippen molar-refractivity contribution in [1.82, 2.24) is 4.98 Å². The molecule has 17 heavy (non-hydrogen) atoms. The van der Waals surface area contributed by atoms with Gasteiger partial charge in [-0.05, 0) is 36.2 Å². The van der Waals surface area contributed by atoms with Gasteiger partial charge in [-0.3, -0.25) is 9.78 Å². The molecular weight excluding hydrogens is 219 g/mol. The molecule has 0 aliphatic rings. The van der Waals surface area contributed by atoms with E-state index in [2.05, 4.69) is 10.3 Å². The number of aromatic nitrogens is 1. The van der Waals surface area contributed by atoms with Gasteiger partial charge in [0.2, 0.25) is 6.41 Å². The summed E-state index contributed by atoms with van der Waals surface area (Å²) in [6.45, 7) is 1.92. The van der Waals surface area contributed by atoms with E-state index in [-0.39, 0.29) is 5.82 Å². The van der Waals surface area contributed by atoms with Crippen molar-refractivity contribution in [2.45, 2.75) is 6.92 Å². The third-order valence-electron chi connectivity index (χ3n) is 2.48. The van der Waals surface area contributed by atoms with Gasteiger partial charge in [0.15, 0.2) is 0 Å². The lowest BCUT2D eigenvalue weighted by molar-refractivity contribution is -0.105. The van der Waals surface area contributed by atoms with Gasteiger partial charge in [0.05, 0.1) is 6.20 Å². The molecule has 2 aromatic rings. The second-order valence-electron chi connectivity index (χ2n) is 3.68. The summed E-state index contributed by atoms with van der Waals surface area (Å²) in [5, 5.41) is 2.56. The standard InChI is InChI=1S/C13H11FN2O/c1-9-2-3-12(16-8-17)5-13(9)10-4-11(14)7-15-6-10/h2-8H,1H3,(H,16,17). The lowest BCUT2D eigenvalue weighted by atomic mass is 10.0. The van der Waals surface area contributed by atoms with Crippen LogP contribution in [-0.4, -0.2) is 11.4 Å². The van der Waals surface area contributed by atoms with Gasteiger partial charge < -0.3 is 5.32 Å². The Hall–Kier alpha value is -2.23. The summed E-state index contributed by atoms with van der Waals surface area (Å²) < 4.78 is 13.1. The Balaban J connectivity index is 2.50. The van der Waals surface area contributed by atoms with E-state index < -0.39 is 0 Å². The predicted molar refractivity (Wildman–Crippen MR) is 64.1 cm³/mol. The van der Waals surface area contributed by atoms with E-state index in [0.717, 1.165) is 17.3 Å². The lowest BCUT2D eigenvalue weighted by Crippen LogP contribution is -1.95. The monoisotopic (exact) mass is 230 g/mol. The largest absolute Gasteiger partial charge is 0.329 e. The molecule has 0 spiro atoms. The average Bonchev–Trinajstić information content (AvgIpc) is 2.32. The van der Waals surface area contributed by atoms with Crippen LogP contribution in [0.5, 0.6) is 0 Å². The molecular formula is C13H11FN2O. The molecule has 4 heteroatoms. The van der Waals surface area contributed by atoms with Crippen LogP contribution < -0.4 is 5.32 Å². The van der Waals surface area contributed by atoms with Crippen molar-refractivity contribution in [2.75, 3.05) is 5.32 Å². The molecule has 1 aromatic heterocycles. The summed E-state index contributed by atoms with van der Waals surface area (Å²) in [5.41, 5.74) is 3.21. The maximum Gasteiger partial charge on any atom is 0.211 e. The topological polar surface area (TPSA) is 42.0 Å². The predicted octanol–water partition coefficient (Wildman–Crippen LogP) is 2.76. The zero-order chi connectivity index (χ0) is 12.3. The van der Waals surface area contributed by atoms with Crippen molar-refractivity contribution in [1.29, 1.82) is 0 Å². The van der Waals surface area contributed by atoms with Gasteiger partial charge in [0.1, 0.15) is 5.82 Å². The smallest absolute Gasteiger partial charge is 0.211 e. The minimum atomic E-state index is -0.379. The van der Waals surface area contributed by atoms with E-state index in [1.165, 1.54) is 6.07 Å². The van der Waals surface area contributed by atoms with Crippen molar-refractivity contribution in [3.05, 3.63) is 48.0 Å². The van der Waals surface area contributed by atoms with Crippen LogP contribution in [0.1, 0.15) is 5.56 Å². The second kappa shape index (κ2) is 4.74. The Labute approximate surface area is 98.3 Å². The third-order valence-corrected chi connectivity index (χ3v) is 2.48. The molecule has 0 aliphatic heterocycles. The van der Waals surface area contributed by atoms with Crippen molar-refractivity contribution in [2.24, 2.45) is 0 Å². The molecule has 0 saturated heterocycles. The summed E-state index contributed by atoms with van der Waals surface area (Å²) in [6.07, 6.45) is 3.36. The molecule has 0 atom stereocenters. The summed E-state index contributed by atoms with van der Waals surface area (Å²) in [7, 11) is 0. The third kappa shape index (κ3) is 2.47. The van der Waals surface area contributed by atoms with E-state index in [9.17, 15) is 9.18 Å². The summed E-state index contributed by atoms with van der Waals surface area (Å²) in [5.74, 6) is -0.379. The number of nitrogens with one attached hydrogen (secondary N) is 1. The minimum absolute atomic E-state index is 0.379. The molecule has 86 valence electrons. The Morgan fingerprint density at radius 1 is 1.29 bits per heavy atom. The zero-order valence-electron chi connectivity index (χ0n) is 9.27. The number of amides is 1. The number of halogens is 1. The van der Waals surface area contributed by atoms with Crippen LogP contribution in [0.25, 0.3) is 11.1 Å². The quantitative estimate of drug-likeness (QED) is 0.824. The highest BCUT2D eigenvalue weighted by molar-refractivity contribution is 5.77. The van der Waals surface area contributed by atoms with E-state index in [1.54, 1.807) is 18.3 Å². The Morgan fingerprint density at radius 3 is 2.82 bits per heavy atom. The zero-order valence-corrected chi connectivity index (χ0v) is 9.27. The highest BCUT2D eigenvalue weighted by Crippen LogP contribution is 2.26. The first kappa shape index (κ1) is 11.3. The fourth-order valence-electron chi connectivity index (χ4n) is 1.65. The minimum Gasteiger partial charge on any atom is -0.329 e. The fraction of sp³-hybridized carbons (Fsp3) is 0.0769. The van der Waals surface area contributed by atoms with Crippen LogP contribution in [0.3, 0.4) is 0 Å². The molecule has 0 saturated carbocycles. The number of carbonyl (C=O) groups excluding carboxylic acids is 1. The number of carbonyl (C=O) groups is 1. The number of hydrogen-bond donors (Lipinski definition) is 1. The molecule has 3 nitrogen and oxygen atoms in total. The number of pyridine rings is 1. The van der Waals surface area contributed by atoms with Gasteiger partial charge >= 0.3 is 0 Å². The molecule has 0 radical (unpaired) electrons. The number of hydrogen-bond acceptors (Lipinski definition) is 2. The highest BCUT2D eigenvalue weighted by Gasteiger charge is 2.04. The van der Waals surface area contributed by atoms with Gasteiger partial charge in [-0.15, -0.1) is 0 Å². The number of aryl methyl sites for hydroxylation is 1. The molecule has 1 N–H and O–H groups in total.